The van der Waals surface area contributed by atoms with E-state index in [1.165, 1.54) is 0 Å². The smallest absolute Gasteiger partial charge is 0.294 e. The van der Waals surface area contributed by atoms with Gasteiger partial charge in [-0.25, -0.2) is 0 Å². The first-order valence-corrected chi connectivity index (χ1v) is 10.3. The van der Waals surface area contributed by atoms with Gasteiger partial charge in [0.05, 0.1) is 9.93 Å². The zero-order valence-electron chi connectivity index (χ0n) is 15.4. The van der Waals surface area contributed by atoms with E-state index in [0.717, 1.165) is 35.9 Å². The zero-order chi connectivity index (χ0) is 20.1. The molecule has 0 aromatic heterocycles. The Labute approximate surface area is 173 Å². The van der Waals surface area contributed by atoms with E-state index < -0.39 is 11.1 Å². The number of ether oxygens (including phenoxy) is 1. The molecule has 1 aromatic carbocycles. The second-order valence-electron chi connectivity index (χ2n) is 6.50. The minimum atomic E-state index is -0.455. The summed E-state index contributed by atoms with van der Waals surface area (Å²) in [5.41, 5.74) is 0.670. The van der Waals surface area contributed by atoms with Crippen molar-refractivity contribution in [3.8, 4) is 5.75 Å². The van der Waals surface area contributed by atoms with Crippen molar-refractivity contribution in [2.24, 2.45) is 0 Å². The predicted octanol–water partition coefficient (Wildman–Crippen LogP) is 3.95. The number of hydrogen-bond donors (Lipinski definition) is 0. The van der Waals surface area contributed by atoms with Gasteiger partial charge in [-0.3, -0.25) is 19.3 Å². The lowest BCUT2D eigenvalue weighted by Gasteiger charge is -2.27. The highest BCUT2D eigenvalue weighted by Crippen LogP contribution is 2.33. The highest BCUT2D eigenvalue weighted by Gasteiger charge is 2.37. The number of likely N-dealkylation sites (tertiary alicyclic amines) is 1. The topological polar surface area (TPSA) is 66.9 Å². The van der Waals surface area contributed by atoms with Gasteiger partial charge in [0.15, 0.2) is 0 Å². The summed E-state index contributed by atoms with van der Waals surface area (Å²) in [6.45, 7) is 5.08. The monoisotopic (exact) mass is 420 g/mol. The Morgan fingerprint density at radius 2 is 2.00 bits per heavy atom. The van der Waals surface area contributed by atoms with Crippen molar-refractivity contribution in [3.63, 3.8) is 0 Å². The van der Waals surface area contributed by atoms with Crippen LogP contribution in [0, 0.1) is 0 Å². The summed E-state index contributed by atoms with van der Waals surface area (Å²) in [6.07, 6.45) is 6.24. The number of thioether (sulfide) groups is 1. The molecule has 2 aliphatic heterocycles. The molecule has 0 atom stereocenters. The van der Waals surface area contributed by atoms with Crippen LogP contribution in [0.5, 0.6) is 5.75 Å². The molecule has 2 heterocycles. The number of nitrogens with zero attached hydrogens (tertiary/aromatic N) is 2. The van der Waals surface area contributed by atoms with Crippen molar-refractivity contribution in [2.45, 2.75) is 19.3 Å². The molecule has 0 spiro atoms. The van der Waals surface area contributed by atoms with Crippen LogP contribution in [-0.2, 0) is 9.59 Å². The molecule has 1 aromatic rings. The average molecular weight is 421 g/mol. The van der Waals surface area contributed by atoms with Crippen molar-refractivity contribution in [3.05, 3.63) is 46.3 Å². The number of carbonyl (C=O) groups is 3. The van der Waals surface area contributed by atoms with Crippen molar-refractivity contribution in [1.29, 1.82) is 0 Å². The van der Waals surface area contributed by atoms with Gasteiger partial charge in [-0.1, -0.05) is 30.3 Å². The van der Waals surface area contributed by atoms with E-state index in [2.05, 4.69) is 6.58 Å². The molecular formula is C20H21ClN2O4S. The number of halogens is 1. The molecule has 0 saturated carbocycles. The van der Waals surface area contributed by atoms with Crippen LogP contribution in [0.4, 0.5) is 4.79 Å². The van der Waals surface area contributed by atoms with Gasteiger partial charge in [-0.2, -0.15) is 0 Å². The first-order chi connectivity index (χ1) is 13.5. The number of rotatable bonds is 6. The summed E-state index contributed by atoms with van der Waals surface area (Å²) in [6, 6.07) is 5.10. The van der Waals surface area contributed by atoms with Crippen molar-refractivity contribution >= 4 is 46.5 Å². The summed E-state index contributed by atoms with van der Waals surface area (Å²) in [5, 5.41) is -0.0336. The average Bonchev–Trinajstić information content (AvgIpc) is 2.95. The van der Waals surface area contributed by atoms with E-state index in [-0.39, 0.29) is 17.4 Å². The Balaban J connectivity index is 1.69. The number of piperidine rings is 1. The maximum atomic E-state index is 12.6. The molecule has 2 saturated heterocycles. The van der Waals surface area contributed by atoms with Crippen molar-refractivity contribution in [2.75, 3.05) is 26.2 Å². The van der Waals surface area contributed by atoms with Crippen LogP contribution in [0.1, 0.15) is 24.8 Å². The second-order valence-corrected chi connectivity index (χ2v) is 7.90. The van der Waals surface area contributed by atoms with E-state index in [9.17, 15) is 14.4 Å². The molecule has 0 N–H and O–H groups in total. The SMILES string of the molecule is C=CCOc1ccc(/C=C2\SC(=O)N(CC(=O)N3CCCCC3)C2=O)cc1Cl. The fourth-order valence-corrected chi connectivity index (χ4v) is 4.12. The Morgan fingerprint density at radius 3 is 2.68 bits per heavy atom. The molecule has 148 valence electrons. The minimum absolute atomic E-state index is 0.185. The molecule has 2 aliphatic rings. The van der Waals surface area contributed by atoms with Gasteiger partial charge >= 0.3 is 0 Å². The van der Waals surface area contributed by atoms with E-state index in [1.54, 1.807) is 35.3 Å². The van der Waals surface area contributed by atoms with Gasteiger partial charge in [0.2, 0.25) is 5.91 Å². The predicted molar refractivity (Wildman–Crippen MR) is 110 cm³/mol. The lowest BCUT2D eigenvalue weighted by Crippen LogP contribution is -2.44. The van der Waals surface area contributed by atoms with Gasteiger partial charge in [0.25, 0.3) is 11.1 Å². The minimum Gasteiger partial charge on any atom is -0.488 e. The molecule has 0 aliphatic carbocycles. The number of hydrogen-bond acceptors (Lipinski definition) is 5. The first-order valence-electron chi connectivity index (χ1n) is 9.06. The summed E-state index contributed by atoms with van der Waals surface area (Å²) >= 11 is 7.02. The fourth-order valence-electron chi connectivity index (χ4n) is 3.04. The quantitative estimate of drug-likeness (QED) is 0.515. The summed E-state index contributed by atoms with van der Waals surface area (Å²) in [4.78, 5) is 40.2. The summed E-state index contributed by atoms with van der Waals surface area (Å²) in [7, 11) is 0. The number of benzene rings is 1. The maximum Gasteiger partial charge on any atom is 0.294 e. The van der Waals surface area contributed by atoms with Gasteiger partial charge in [0, 0.05) is 13.1 Å². The van der Waals surface area contributed by atoms with Gasteiger partial charge in [0.1, 0.15) is 18.9 Å². The molecular weight excluding hydrogens is 400 g/mol. The molecule has 0 bridgehead atoms. The standard InChI is InChI=1S/C20H21ClN2O4S/c1-2-10-27-16-7-6-14(11-15(16)21)12-17-19(25)23(20(26)28-17)13-18(24)22-8-4-3-5-9-22/h2,6-7,11-12H,1,3-5,8-10,13H2/b17-12-. The normalized spacial score (nSPS) is 18.7. The van der Waals surface area contributed by atoms with E-state index in [4.69, 9.17) is 16.3 Å². The van der Waals surface area contributed by atoms with Crippen molar-refractivity contribution < 1.29 is 19.1 Å². The Bertz CT molecular complexity index is 833. The van der Waals surface area contributed by atoms with Gasteiger partial charge in [-0.15, -0.1) is 0 Å². The van der Waals surface area contributed by atoms with Crippen LogP contribution in [0.2, 0.25) is 5.02 Å². The Hall–Kier alpha value is -2.25. The highest BCUT2D eigenvalue weighted by atomic mass is 35.5. The van der Waals surface area contributed by atoms with Crippen LogP contribution < -0.4 is 4.74 Å². The fraction of sp³-hybridized carbons (Fsp3) is 0.350. The second kappa shape index (κ2) is 9.30. The maximum absolute atomic E-state index is 12.6. The summed E-state index contributed by atoms with van der Waals surface area (Å²) < 4.78 is 5.42. The number of amides is 3. The molecule has 0 radical (unpaired) electrons. The van der Waals surface area contributed by atoms with E-state index >= 15 is 0 Å². The molecule has 8 heteroatoms. The first kappa shape index (κ1) is 20.5. The van der Waals surface area contributed by atoms with Crippen molar-refractivity contribution in [1.82, 2.24) is 9.80 Å². The van der Waals surface area contributed by atoms with Gasteiger partial charge < -0.3 is 9.64 Å². The zero-order valence-corrected chi connectivity index (χ0v) is 16.9. The van der Waals surface area contributed by atoms with Crippen LogP contribution in [0.25, 0.3) is 6.08 Å². The third kappa shape index (κ3) is 4.77. The summed E-state index contributed by atoms with van der Waals surface area (Å²) in [5.74, 6) is -0.127. The lowest BCUT2D eigenvalue weighted by molar-refractivity contribution is -0.136. The Morgan fingerprint density at radius 1 is 1.25 bits per heavy atom. The van der Waals surface area contributed by atoms with Crippen LogP contribution in [0.3, 0.4) is 0 Å². The van der Waals surface area contributed by atoms with Crippen LogP contribution >= 0.6 is 23.4 Å². The largest absolute Gasteiger partial charge is 0.488 e. The number of carbonyl (C=O) groups excluding carboxylic acids is 3. The molecule has 0 unspecified atom stereocenters. The molecule has 2 fully saturated rings. The Kier molecular flexibility index (Phi) is 6.80. The van der Waals surface area contributed by atoms with Gasteiger partial charge in [-0.05, 0) is 54.8 Å². The molecule has 28 heavy (non-hydrogen) atoms. The third-order valence-corrected chi connectivity index (χ3v) is 5.69. The third-order valence-electron chi connectivity index (χ3n) is 4.49. The number of imide groups is 1. The van der Waals surface area contributed by atoms with Crippen LogP contribution in [0.15, 0.2) is 35.8 Å². The van der Waals surface area contributed by atoms with E-state index in [0.29, 0.717) is 36.0 Å². The lowest BCUT2D eigenvalue weighted by atomic mass is 10.1. The molecule has 3 amide bonds. The molecule has 3 rings (SSSR count). The van der Waals surface area contributed by atoms with Crippen LogP contribution in [-0.4, -0.2) is 53.1 Å². The molecule has 6 nitrogen and oxygen atoms in total. The highest BCUT2D eigenvalue weighted by molar-refractivity contribution is 8.18. The van der Waals surface area contributed by atoms with E-state index in [1.807, 2.05) is 0 Å².